The summed E-state index contributed by atoms with van der Waals surface area (Å²) in [6, 6.07) is 4.41. The number of carbonyl (C=O) groups excluding carboxylic acids is 1. The fourth-order valence-corrected chi connectivity index (χ4v) is 5.39. The lowest BCUT2D eigenvalue weighted by molar-refractivity contribution is -0.137. The van der Waals surface area contributed by atoms with Gasteiger partial charge < -0.3 is 9.80 Å². The number of nitriles is 1. The summed E-state index contributed by atoms with van der Waals surface area (Å²) in [6.07, 6.45) is -2.06. The number of anilines is 1. The van der Waals surface area contributed by atoms with Gasteiger partial charge in [-0.25, -0.2) is 12.7 Å². The zero-order valence-electron chi connectivity index (χ0n) is 17.6. The van der Waals surface area contributed by atoms with Crippen molar-refractivity contribution in [3.63, 3.8) is 0 Å². The van der Waals surface area contributed by atoms with Gasteiger partial charge in [-0.1, -0.05) is 0 Å². The first-order chi connectivity index (χ1) is 14.3. The van der Waals surface area contributed by atoms with Crippen molar-refractivity contribution in [1.29, 1.82) is 5.26 Å². The van der Waals surface area contributed by atoms with E-state index in [1.807, 2.05) is 0 Å². The molecule has 170 valence electrons. The number of nitrogens with zero attached hydrogens (tertiary/aromatic N) is 4. The minimum Gasteiger partial charge on any atom is -0.359 e. The first kappa shape index (κ1) is 23.3. The SMILES string of the molecule is CN(C)C(=O)C1CC2(CCN(S(C)(=O)=O)CC2)CN1c1ccc(C#N)c(C(F)(F)F)c1. The van der Waals surface area contributed by atoms with Gasteiger partial charge in [0.05, 0.1) is 23.5 Å². The lowest BCUT2D eigenvalue weighted by Gasteiger charge is -2.38. The molecule has 2 fully saturated rings. The van der Waals surface area contributed by atoms with Gasteiger partial charge in [0.25, 0.3) is 0 Å². The summed E-state index contributed by atoms with van der Waals surface area (Å²) in [6.45, 7) is 0.978. The van der Waals surface area contributed by atoms with Crippen LogP contribution in [0.3, 0.4) is 0 Å². The average molecular weight is 459 g/mol. The molecule has 2 saturated heterocycles. The van der Waals surface area contributed by atoms with Crippen LogP contribution in [0.4, 0.5) is 18.9 Å². The Morgan fingerprint density at radius 3 is 2.35 bits per heavy atom. The molecule has 2 heterocycles. The molecule has 1 aromatic carbocycles. The molecule has 11 heteroatoms. The van der Waals surface area contributed by atoms with Crippen molar-refractivity contribution in [2.45, 2.75) is 31.5 Å². The van der Waals surface area contributed by atoms with Gasteiger partial charge in [0.2, 0.25) is 15.9 Å². The third-order valence-corrected chi connectivity index (χ3v) is 7.55. The second-order valence-electron chi connectivity index (χ2n) is 8.58. The highest BCUT2D eigenvalue weighted by Gasteiger charge is 2.49. The number of benzene rings is 1. The van der Waals surface area contributed by atoms with Crippen LogP contribution in [0.2, 0.25) is 0 Å². The van der Waals surface area contributed by atoms with Crippen molar-refractivity contribution in [3.05, 3.63) is 29.3 Å². The number of sulfonamides is 1. The third-order valence-electron chi connectivity index (χ3n) is 6.25. The van der Waals surface area contributed by atoms with Crippen LogP contribution < -0.4 is 4.90 Å². The number of likely N-dealkylation sites (N-methyl/N-ethyl adjacent to an activating group) is 1. The van der Waals surface area contributed by atoms with Gasteiger partial charge in [0, 0.05) is 39.4 Å². The van der Waals surface area contributed by atoms with E-state index < -0.39 is 33.4 Å². The number of hydrogen-bond donors (Lipinski definition) is 0. The molecule has 2 aliphatic heterocycles. The van der Waals surface area contributed by atoms with Gasteiger partial charge in [-0.05, 0) is 42.9 Å². The quantitative estimate of drug-likeness (QED) is 0.694. The van der Waals surface area contributed by atoms with E-state index in [0.717, 1.165) is 18.4 Å². The topological polar surface area (TPSA) is 84.7 Å². The maximum Gasteiger partial charge on any atom is 0.417 e. The fourth-order valence-electron chi connectivity index (χ4n) is 4.54. The number of piperidine rings is 1. The number of rotatable bonds is 3. The third kappa shape index (κ3) is 4.65. The first-order valence-electron chi connectivity index (χ1n) is 9.82. The Bertz CT molecular complexity index is 1010. The van der Waals surface area contributed by atoms with Crippen molar-refractivity contribution >= 4 is 21.6 Å². The molecule has 31 heavy (non-hydrogen) atoms. The first-order valence-corrected chi connectivity index (χ1v) is 11.7. The van der Waals surface area contributed by atoms with Gasteiger partial charge in [0.1, 0.15) is 6.04 Å². The van der Waals surface area contributed by atoms with E-state index in [4.69, 9.17) is 5.26 Å². The molecule has 0 N–H and O–H groups in total. The summed E-state index contributed by atoms with van der Waals surface area (Å²) >= 11 is 0. The molecule has 1 spiro atoms. The minimum absolute atomic E-state index is 0.222. The van der Waals surface area contributed by atoms with E-state index in [0.29, 0.717) is 38.9 Å². The van der Waals surface area contributed by atoms with Crippen molar-refractivity contribution in [2.75, 3.05) is 44.9 Å². The predicted octanol–water partition coefficient (Wildman–Crippen LogP) is 2.29. The zero-order chi connectivity index (χ0) is 23.2. The molecular weight excluding hydrogens is 433 g/mol. The molecule has 1 aromatic rings. The number of amides is 1. The minimum atomic E-state index is -4.69. The standard InChI is InChI=1S/C20H25F3N4O3S/c1-25(2)18(28)17-11-19(6-8-26(9-7-19)31(3,29)30)13-27(17)15-5-4-14(12-24)16(10-15)20(21,22)23/h4-5,10,17H,6-9,11,13H2,1-3H3. The van der Waals surface area contributed by atoms with Crippen LogP contribution in [-0.4, -0.2) is 69.6 Å². The van der Waals surface area contributed by atoms with E-state index in [2.05, 4.69) is 0 Å². The largest absolute Gasteiger partial charge is 0.417 e. The van der Waals surface area contributed by atoms with Gasteiger partial charge in [-0.15, -0.1) is 0 Å². The summed E-state index contributed by atoms with van der Waals surface area (Å²) < 4.78 is 65.5. The van der Waals surface area contributed by atoms with E-state index >= 15 is 0 Å². The van der Waals surface area contributed by atoms with Crippen molar-refractivity contribution in [3.8, 4) is 6.07 Å². The van der Waals surface area contributed by atoms with Crippen LogP contribution in [0, 0.1) is 16.7 Å². The summed E-state index contributed by atoms with van der Waals surface area (Å²) in [5.41, 5.74) is -1.64. The van der Waals surface area contributed by atoms with Gasteiger partial charge in [0.15, 0.2) is 0 Å². The second-order valence-corrected chi connectivity index (χ2v) is 10.6. The fraction of sp³-hybridized carbons (Fsp3) is 0.600. The Kier molecular flexibility index (Phi) is 6.01. The Morgan fingerprint density at radius 1 is 1.26 bits per heavy atom. The predicted molar refractivity (Wildman–Crippen MR) is 109 cm³/mol. The van der Waals surface area contributed by atoms with Crippen LogP contribution in [0.25, 0.3) is 0 Å². The molecule has 0 saturated carbocycles. The van der Waals surface area contributed by atoms with Crippen LogP contribution in [0.15, 0.2) is 18.2 Å². The second kappa shape index (κ2) is 7.98. The lowest BCUT2D eigenvalue weighted by Crippen LogP contribution is -2.44. The smallest absolute Gasteiger partial charge is 0.359 e. The summed E-state index contributed by atoms with van der Waals surface area (Å²) in [4.78, 5) is 16.0. The van der Waals surface area contributed by atoms with Crippen molar-refractivity contribution < 1.29 is 26.4 Å². The van der Waals surface area contributed by atoms with Crippen molar-refractivity contribution in [1.82, 2.24) is 9.21 Å². The summed E-state index contributed by atoms with van der Waals surface area (Å²) in [5.74, 6) is -0.222. The average Bonchev–Trinajstić information content (AvgIpc) is 3.04. The molecule has 1 atom stereocenters. The summed E-state index contributed by atoms with van der Waals surface area (Å²) in [7, 11) is -0.132. The molecule has 0 aromatic heterocycles. The maximum atomic E-state index is 13.5. The zero-order valence-corrected chi connectivity index (χ0v) is 18.4. The van der Waals surface area contributed by atoms with E-state index in [1.165, 1.54) is 15.3 Å². The number of alkyl halides is 3. The van der Waals surface area contributed by atoms with Crippen LogP contribution >= 0.6 is 0 Å². The van der Waals surface area contributed by atoms with E-state index in [9.17, 15) is 26.4 Å². The Hall–Kier alpha value is -2.32. The monoisotopic (exact) mass is 458 g/mol. The molecule has 1 unspecified atom stereocenters. The number of hydrogen-bond acceptors (Lipinski definition) is 5. The molecular formula is C20H25F3N4O3S. The number of carbonyl (C=O) groups is 1. The Balaban J connectivity index is 1.97. The number of halogens is 3. The molecule has 2 aliphatic rings. The molecule has 1 amide bonds. The highest BCUT2D eigenvalue weighted by molar-refractivity contribution is 7.88. The molecule has 0 aliphatic carbocycles. The van der Waals surface area contributed by atoms with Crippen molar-refractivity contribution in [2.24, 2.45) is 5.41 Å². The highest BCUT2D eigenvalue weighted by Crippen LogP contribution is 2.46. The van der Waals surface area contributed by atoms with Crippen LogP contribution in [0.1, 0.15) is 30.4 Å². The van der Waals surface area contributed by atoms with E-state index in [-0.39, 0.29) is 17.0 Å². The Morgan fingerprint density at radius 2 is 1.87 bits per heavy atom. The molecule has 0 radical (unpaired) electrons. The molecule has 7 nitrogen and oxygen atoms in total. The lowest BCUT2D eigenvalue weighted by atomic mass is 9.77. The van der Waals surface area contributed by atoms with Crippen LogP contribution in [0.5, 0.6) is 0 Å². The summed E-state index contributed by atoms with van der Waals surface area (Å²) in [5, 5.41) is 9.06. The highest BCUT2D eigenvalue weighted by atomic mass is 32.2. The van der Waals surface area contributed by atoms with E-state index in [1.54, 1.807) is 25.1 Å². The van der Waals surface area contributed by atoms with Gasteiger partial charge in [-0.2, -0.15) is 18.4 Å². The van der Waals surface area contributed by atoms with Crippen LogP contribution in [-0.2, 0) is 21.0 Å². The maximum absolute atomic E-state index is 13.5. The van der Waals surface area contributed by atoms with Gasteiger partial charge >= 0.3 is 6.18 Å². The molecule has 0 bridgehead atoms. The Labute approximate surface area is 180 Å². The molecule has 3 rings (SSSR count). The normalized spacial score (nSPS) is 21.8. The van der Waals surface area contributed by atoms with Gasteiger partial charge in [-0.3, -0.25) is 4.79 Å².